The molecule has 0 aliphatic carbocycles. The Morgan fingerprint density at radius 2 is 1.81 bits per heavy atom. The molecule has 4 nitrogen and oxygen atoms in total. The van der Waals surface area contributed by atoms with Gasteiger partial charge in [-0.3, -0.25) is 9.69 Å². The van der Waals surface area contributed by atoms with Gasteiger partial charge in [0.25, 0.3) is 5.91 Å². The molecule has 3 rings (SSSR count). The molecule has 0 aliphatic heterocycles. The molecule has 0 spiro atoms. The summed E-state index contributed by atoms with van der Waals surface area (Å²) in [4.78, 5) is 14.8. The van der Waals surface area contributed by atoms with Crippen molar-refractivity contribution in [3.05, 3.63) is 65.2 Å². The molecule has 2 aromatic carbocycles. The van der Waals surface area contributed by atoms with E-state index in [1.54, 1.807) is 4.90 Å². The average molecular weight is 366 g/mol. The predicted molar refractivity (Wildman–Crippen MR) is 108 cm³/mol. The highest BCUT2D eigenvalue weighted by atomic mass is 32.1. The van der Waals surface area contributed by atoms with Crippen LogP contribution in [0.1, 0.15) is 41.3 Å². The average Bonchev–Trinajstić information content (AvgIpc) is 3.12. The van der Waals surface area contributed by atoms with E-state index in [0.717, 1.165) is 29.0 Å². The molecule has 0 N–H and O–H groups in total. The van der Waals surface area contributed by atoms with E-state index < -0.39 is 0 Å². The van der Waals surface area contributed by atoms with Crippen molar-refractivity contribution in [1.82, 2.24) is 10.2 Å². The van der Waals surface area contributed by atoms with Crippen LogP contribution in [0.4, 0.5) is 5.13 Å². The number of hydrogen-bond acceptors (Lipinski definition) is 4. The summed E-state index contributed by atoms with van der Waals surface area (Å²) in [5.74, 6) is -0.0228. The lowest BCUT2D eigenvalue weighted by Gasteiger charge is -2.19. The van der Waals surface area contributed by atoms with Crippen LogP contribution in [-0.2, 0) is 0 Å². The largest absolute Gasteiger partial charge is 0.283 e. The van der Waals surface area contributed by atoms with E-state index in [1.807, 2.05) is 43.3 Å². The van der Waals surface area contributed by atoms with Gasteiger partial charge in [0.15, 0.2) is 0 Å². The quantitative estimate of drug-likeness (QED) is 0.598. The Hall–Kier alpha value is -2.53. The summed E-state index contributed by atoms with van der Waals surface area (Å²) in [5.41, 5.74) is 4.03. The first-order chi connectivity index (χ1) is 12.6. The third-order valence-electron chi connectivity index (χ3n) is 4.19. The number of benzene rings is 2. The Morgan fingerprint density at radius 3 is 2.50 bits per heavy atom. The van der Waals surface area contributed by atoms with E-state index in [2.05, 4.69) is 36.2 Å². The highest BCUT2D eigenvalue weighted by Crippen LogP contribution is 2.30. The monoisotopic (exact) mass is 365 g/mol. The topological polar surface area (TPSA) is 46.1 Å². The smallest absolute Gasteiger partial charge is 0.260 e. The fraction of sp³-hybridized carbons (Fsp3) is 0.286. The van der Waals surface area contributed by atoms with E-state index in [9.17, 15) is 4.79 Å². The summed E-state index contributed by atoms with van der Waals surface area (Å²) in [6.07, 6.45) is 1.94. The fourth-order valence-electron chi connectivity index (χ4n) is 2.67. The van der Waals surface area contributed by atoms with Crippen molar-refractivity contribution < 1.29 is 4.79 Å². The summed E-state index contributed by atoms with van der Waals surface area (Å²) < 4.78 is 0. The van der Waals surface area contributed by atoms with Gasteiger partial charge < -0.3 is 0 Å². The van der Waals surface area contributed by atoms with E-state index in [4.69, 9.17) is 0 Å². The van der Waals surface area contributed by atoms with Crippen molar-refractivity contribution in [2.24, 2.45) is 0 Å². The molecule has 0 radical (unpaired) electrons. The zero-order valence-electron chi connectivity index (χ0n) is 15.4. The van der Waals surface area contributed by atoms with Gasteiger partial charge in [-0.15, -0.1) is 10.2 Å². The van der Waals surface area contributed by atoms with E-state index in [0.29, 0.717) is 17.2 Å². The maximum Gasteiger partial charge on any atom is 0.260 e. The molecular formula is C21H23N3OS. The van der Waals surface area contributed by atoms with Crippen LogP contribution in [0.3, 0.4) is 0 Å². The van der Waals surface area contributed by atoms with Crippen LogP contribution in [0.15, 0.2) is 48.5 Å². The van der Waals surface area contributed by atoms with Gasteiger partial charge in [-0.2, -0.15) is 0 Å². The molecule has 0 saturated heterocycles. The van der Waals surface area contributed by atoms with Crippen LogP contribution in [0.5, 0.6) is 0 Å². The third-order valence-corrected chi connectivity index (χ3v) is 5.18. The first-order valence-electron chi connectivity index (χ1n) is 8.87. The Morgan fingerprint density at radius 1 is 1.04 bits per heavy atom. The Balaban J connectivity index is 1.90. The minimum absolute atomic E-state index is 0.0228. The standard InChI is InChI=1S/C21H23N3OS/c1-4-5-13-24(20(25)17-11-9-15(2)10-12-17)21-23-22-19(26-21)18-8-6-7-16(3)14-18/h6-12,14H,4-5,13H2,1-3H3. The number of amides is 1. The van der Waals surface area contributed by atoms with Crippen LogP contribution in [0.25, 0.3) is 10.6 Å². The number of rotatable bonds is 6. The molecule has 0 saturated carbocycles. The number of carbonyl (C=O) groups is 1. The number of aryl methyl sites for hydroxylation is 2. The number of aromatic nitrogens is 2. The Kier molecular flexibility index (Phi) is 5.78. The molecule has 0 bridgehead atoms. The molecule has 0 unspecified atom stereocenters. The first-order valence-corrected chi connectivity index (χ1v) is 9.69. The lowest BCUT2D eigenvalue weighted by atomic mass is 10.1. The lowest BCUT2D eigenvalue weighted by Crippen LogP contribution is -2.31. The lowest BCUT2D eigenvalue weighted by molar-refractivity contribution is 0.0986. The Labute approximate surface area is 158 Å². The van der Waals surface area contributed by atoms with Gasteiger partial charge in [0.05, 0.1) is 0 Å². The number of unbranched alkanes of at least 4 members (excludes halogenated alkanes) is 1. The molecule has 0 fully saturated rings. The summed E-state index contributed by atoms with van der Waals surface area (Å²) >= 11 is 1.46. The fourth-order valence-corrected chi connectivity index (χ4v) is 3.54. The van der Waals surface area contributed by atoms with Crippen LogP contribution in [-0.4, -0.2) is 22.6 Å². The molecule has 0 aliphatic rings. The van der Waals surface area contributed by atoms with Crippen molar-refractivity contribution in [3.8, 4) is 10.6 Å². The van der Waals surface area contributed by atoms with Crippen molar-refractivity contribution in [2.75, 3.05) is 11.4 Å². The van der Waals surface area contributed by atoms with Gasteiger partial charge in [-0.05, 0) is 38.5 Å². The van der Waals surface area contributed by atoms with E-state index in [-0.39, 0.29) is 5.91 Å². The molecular weight excluding hydrogens is 342 g/mol. The maximum absolute atomic E-state index is 13.0. The molecule has 0 atom stereocenters. The predicted octanol–water partition coefficient (Wildman–Crippen LogP) is 5.27. The molecule has 1 heterocycles. The highest BCUT2D eigenvalue weighted by Gasteiger charge is 2.21. The molecule has 134 valence electrons. The Bertz CT molecular complexity index is 886. The van der Waals surface area contributed by atoms with E-state index in [1.165, 1.54) is 16.9 Å². The van der Waals surface area contributed by atoms with Crippen LogP contribution in [0.2, 0.25) is 0 Å². The van der Waals surface area contributed by atoms with Gasteiger partial charge in [-0.1, -0.05) is 66.1 Å². The minimum Gasteiger partial charge on any atom is -0.283 e. The zero-order chi connectivity index (χ0) is 18.5. The van der Waals surface area contributed by atoms with Crippen LogP contribution >= 0.6 is 11.3 Å². The summed E-state index contributed by atoms with van der Waals surface area (Å²) in [6.45, 7) is 6.83. The van der Waals surface area contributed by atoms with Gasteiger partial charge >= 0.3 is 0 Å². The third kappa shape index (κ3) is 4.17. The second-order valence-electron chi connectivity index (χ2n) is 6.44. The number of carbonyl (C=O) groups excluding carboxylic acids is 1. The molecule has 1 aromatic heterocycles. The van der Waals surface area contributed by atoms with Crippen molar-refractivity contribution >= 4 is 22.4 Å². The van der Waals surface area contributed by atoms with Crippen LogP contribution in [0, 0.1) is 13.8 Å². The van der Waals surface area contributed by atoms with Crippen molar-refractivity contribution in [3.63, 3.8) is 0 Å². The van der Waals surface area contributed by atoms with Crippen molar-refractivity contribution in [1.29, 1.82) is 0 Å². The zero-order valence-corrected chi connectivity index (χ0v) is 16.2. The summed E-state index contributed by atoms with van der Waals surface area (Å²) in [7, 11) is 0. The number of nitrogens with zero attached hydrogens (tertiary/aromatic N) is 3. The maximum atomic E-state index is 13.0. The van der Waals surface area contributed by atoms with Gasteiger partial charge in [0.2, 0.25) is 5.13 Å². The second-order valence-corrected chi connectivity index (χ2v) is 7.39. The summed E-state index contributed by atoms with van der Waals surface area (Å²) in [5, 5.41) is 10.1. The number of hydrogen-bond donors (Lipinski definition) is 0. The van der Waals surface area contributed by atoms with Gasteiger partial charge in [-0.25, -0.2) is 0 Å². The first kappa shape index (κ1) is 18.3. The SMILES string of the molecule is CCCCN(C(=O)c1ccc(C)cc1)c1nnc(-c2cccc(C)c2)s1. The molecule has 26 heavy (non-hydrogen) atoms. The van der Waals surface area contributed by atoms with Crippen molar-refractivity contribution in [2.45, 2.75) is 33.6 Å². The van der Waals surface area contributed by atoms with Crippen LogP contribution < -0.4 is 4.90 Å². The minimum atomic E-state index is -0.0228. The second kappa shape index (κ2) is 8.23. The molecule has 3 aromatic rings. The highest BCUT2D eigenvalue weighted by molar-refractivity contribution is 7.18. The van der Waals surface area contributed by atoms with E-state index >= 15 is 0 Å². The van der Waals surface area contributed by atoms with Gasteiger partial charge in [0, 0.05) is 17.7 Å². The molecule has 1 amide bonds. The molecule has 5 heteroatoms. The number of anilines is 1. The van der Waals surface area contributed by atoms with Gasteiger partial charge in [0.1, 0.15) is 5.01 Å². The normalized spacial score (nSPS) is 10.7. The summed E-state index contributed by atoms with van der Waals surface area (Å²) in [6, 6.07) is 15.8.